The molecule has 5 atom stereocenters. The van der Waals surface area contributed by atoms with Crippen molar-refractivity contribution in [3.8, 4) is 11.5 Å². The molecule has 0 unspecified atom stereocenters. The van der Waals surface area contributed by atoms with E-state index in [-0.39, 0.29) is 41.8 Å². The maximum Gasteiger partial charge on any atom is 0.255 e. The number of primary amides is 1. The van der Waals surface area contributed by atoms with Crippen LogP contribution in [0.25, 0.3) is 0 Å². The van der Waals surface area contributed by atoms with Crippen LogP contribution in [0.15, 0.2) is 28.7 Å². The fraction of sp³-hybridized carbons (Fsp3) is 0.552. The van der Waals surface area contributed by atoms with E-state index in [0.717, 1.165) is 31.5 Å². The van der Waals surface area contributed by atoms with E-state index < -0.39 is 58.0 Å². The average Bonchev–Trinajstić information content (AvgIpc) is 3.36. The van der Waals surface area contributed by atoms with Gasteiger partial charge in [-0.3, -0.25) is 19.3 Å². The minimum atomic E-state index is -2.67. The molecule has 0 saturated carbocycles. The number of aliphatic hydroxyl groups is 3. The van der Waals surface area contributed by atoms with Crippen molar-refractivity contribution in [2.45, 2.75) is 70.2 Å². The summed E-state index contributed by atoms with van der Waals surface area (Å²) in [5.74, 6) is -6.26. The minimum absolute atomic E-state index is 0.0120. The van der Waals surface area contributed by atoms with Crippen molar-refractivity contribution in [1.29, 1.82) is 0 Å². The molecule has 5 rings (SSSR count). The van der Waals surface area contributed by atoms with Gasteiger partial charge in [0.15, 0.2) is 11.4 Å². The van der Waals surface area contributed by atoms with Crippen LogP contribution in [0.4, 0.5) is 0 Å². The van der Waals surface area contributed by atoms with Gasteiger partial charge in [0.05, 0.1) is 18.7 Å². The van der Waals surface area contributed by atoms with Crippen LogP contribution in [-0.4, -0.2) is 80.7 Å². The van der Waals surface area contributed by atoms with E-state index in [1.54, 1.807) is 13.8 Å². The zero-order chi connectivity index (χ0) is 29.3. The van der Waals surface area contributed by atoms with Crippen LogP contribution in [0, 0.1) is 11.8 Å². The number of hydrogen-bond donors (Lipinski definition) is 6. The van der Waals surface area contributed by atoms with Gasteiger partial charge in [-0.1, -0.05) is 20.8 Å². The van der Waals surface area contributed by atoms with Crippen molar-refractivity contribution in [3.05, 3.63) is 45.4 Å². The van der Waals surface area contributed by atoms with E-state index in [4.69, 9.17) is 10.5 Å². The van der Waals surface area contributed by atoms with Gasteiger partial charge < -0.3 is 36.2 Å². The minimum Gasteiger partial charge on any atom is -0.510 e. The smallest absolute Gasteiger partial charge is 0.255 e. The molecule has 1 aromatic rings. The summed E-state index contributed by atoms with van der Waals surface area (Å²) in [5, 5.41) is 48.4. The Bertz CT molecular complexity index is 1370. The van der Waals surface area contributed by atoms with Crippen LogP contribution in [-0.2, 0) is 16.0 Å². The third-order valence-corrected chi connectivity index (χ3v) is 9.03. The van der Waals surface area contributed by atoms with Gasteiger partial charge >= 0.3 is 0 Å². The molecule has 7 N–H and O–H groups in total. The summed E-state index contributed by atoms with van der Waals surface area (Å²) in [6.45, 7) is 7.37. The summed E-state index contributed by atoms with van der Waals surface area (Å²) in [7, 11) is 1.52. The lowest BCUT2D eigenvalue weighted by Crippen LogP contribution is -2.64. The number of rotatable bonds is 6. The lowest BCUT2D eigenvalue weighted by atomic mass is 9.58. The van der Waals surface area contributed by atoms with Crippen molar-refractivity contribution in [2.75, 3.05) is 20.2 Å². The number of Topliss-reactive ketones (excluding diaryl/α,β-unsaturated/α-hetero) is 2. The molecule has 1 saturated heterocycles. The SMILES string of the molecule is CCN1CCC[C@H]1c1cc(O)c2c(c1OC)C[C@H]1C[C@H]3[C@H](NC(C)C)C(O)=C(C(N)=O)C(=O)[C@@]3(O)C(O)=C1C2=O. The number of allylic oxidation sites excluding steroid dienone is 1. The Labute approximate surface area is 232 Å². The van der Waals surface area contributed by atoms with Gasteiger partial charge in [-0.2, -0.15) is 0 Å². The Hall–Kier alpha value is -3.41. The second-order valence-electron chi connectivity index (χ2n) is 11.5. The van der Waals surface area contributed by atoms with Gasteiger partial charge in [-0.15, -0.1) is 0 Å². The molecule has 1 heterocycles. The van der Waals surface area contributed by atoms with Gasteiger partial charge in [-0.05, 0) is 50.8 Å². The summed E-state index contributed by atoms with van der Waals surface area (Å²) < 4.78 is 5.85. The highest BCUT2D eigenvalue weighted by Crippen LogP contribution is 2.54. The number of ether oxygens (including phenoxy) is 1. The normalized spacial score (nSPS) is 30.4. The Morgan fingerprint density at radius 3 is 2.58 bits per heavy atom. The first-order valence-corrected chi connectivity index (χ1v) is 13.8. The number of benzene rings is 1. The van der Waals surface area contributed by atoms with Crippen LogP contribution >= 0.6 is 0 Å². The lowest BCUT2D eigenvalue weighted by Gasteiger charge is -2.49. The number of likely N-dealkylation sites (tertiary alicyclic amines) is 1. The van der Waals surface area contributed by atoms with Crippen LogP contribution in [0.2, 0.25) is 0 Å². The number of amides is 1. The number of nitrogens with zero attached hydrogens (tertiary/aromatic N) is 1. The van der Waals surface area contributed by atoms with Crippen molar-refractivity contribution in [2.24, 2.45) is 17.6 Å². The fourth-order valence-electron chi connectivity index (χ4n) is 7.35. The zero-order valence-electron chi connectivity index (χ0n) is 23.2. The first-order chi connectivity index (χ1) is 18.9. The van der Waals surface area contributed by atoms with Crippen molar-refractivity contribution in [1.82, 2.24) is 10.2 Å². The molecule has 11 nitrogen and oxygen atoms in total. The van der Waals surface area contributed by atoms with Gasteiger partial charge in [0, 0.05) is 34.7 Å². The first-order valence-electron chi connectivity index (χ1n) is 13.8. The maximum atomic E-state index is 13.9. The predicted octanol–water partition coefficient (Wildman–Crippen LogP) is 1.72. The standard InChI is InChI=1S/C29H37N3O8/c1-5-32-8-6-7-17(32)14-11-18(33)20-15(25(14)40-4)9-13-10-16-22(31-12(2)3)24(35)21(28(30)38)27(37)29(16,39)26(36)19(13)23(20)34/h11-13,16-17,22,31,33,35-36,39H,5-10H2,1-4H3,(H2,30,38)/t13-,16-,17-,22-,29-/m0/s1. The summed E-state index contributed by atoms with van der Waals surface area (Å²) in [6.07, 6.45) is 2.07. The number of phenolic OH excluding ortho intramolecular Hbond substituents is 1. The molecule has 0 radical (unpaired) electrons. The molecule has 40 heavy (non-hydrogen) atoms. The second kappa shape index (κ2) is 9.90. The summed E-state index contributed by atoms with van der Waals surface area (Å²) in [4.78, 5) is 41.8. The molecule has 1 aromatic carbocycles. The molecule has 0 spiro atoms. The number of hydrogen-bond acceptors (Lipinski definition) is 10. The van der Waals surface area contributed by atoms with Gasteiger partial charge in [0.2, 0.25) is 5.78 Å². The van der Waals surface area contributed by atoms with Crippen LogP contribution < -0.4 is 15.8 Å². The number of phenols is 1. The number of fused-ring (bicyclic) bond motifs is 3. The van der Waals surface area contributed by atoms with Crippen molar-refractivity contribution in [3.63, 3.8) is 0 Å². The molecule has 1 amide bonds. The molecule has 1 aliphatic heterocycles. The fourth-order valence-corrected chi connectivity index (χ4v) is 7.35. The molecule has 11 heteroatoms. The maximum absolute atomic E-state index is 13.9. The van der Waals surface area contributed by atoms with E-state index in [1.165, 1.54) is 13.2 Å². The summed E-state index contributed by atoms with van der Waals surface area (Å²) in [6, 6.07) is 0.210. The molecule has 4 aliphatic rings. The lowest BCUT2D eigenvalue weighted by molar-refractivity contribution is -0.146. The number of aromatic hydroxyl groups is 1. The third kappa shape index (κ3) is 3.86. The Kier molecular flexibility index (Phi) is 6.96. The Morgan fingerprint density at radius 2 is 1.98 bits per heavy atom. The number of nitrogens with one attached hydrogen (secondary N) is 1. The van der Waals surface area contributed by atoms with E-state index in [9.17, 15) is 34.8 Å². The largest absolute Gasteiger partial charge is 0.510 e. The van der Waals surface area contributed by atoms with Gasteiger partial charge in [0.1, 0.15) is 28.6 Å². The molecule has 0 aromatic heterocycles. The number of ketones is 2. The second-order valence-corrected chi connectivity index (χ2v) is 11.5. The monoisotopic (exact) mass is 555 g/mol. The molecule has 1 fully saturated rings. The molecular formula is C29H37N3O8. The highest BCUT2D eigenvalue weighted by molar-refractivity contribution is 6.24. The van der Waals surface area contributed by atoms with Crippen molar-refractivity contribution >= 4 is 17.5 Å². The van der Waals surface area contributed by atoms with Gasteiger partial charge in [0.25, 0.3) is 5.91 Å². The number of nitrogens with two attached hydrogens (primary N) is 1. The highest BCUT2D eigenvalue weighted by Gasteiger charge is 2.63. The van der Waals surface area contributed by atoms with E-state index >= 15 is 0 Å². The third-order valence-electron chi connectivity index (χ3n) is 9.03. The summed E-state index contributed by atoms with van der Waals surface area (Å²) in [5.41, 5.74) is 2.95. The van der Waals surface area contributed by atoms with E-state index in [2.05, 4.69) is 17.1 Å². The number of methoxy groups -OCH3 is 1. The molecule has 0 bridgehead atoms. The van der Waals surface area contributed by atoms with Crippen LogP contribution in [0.3, 0.4) is 0 Å². The van der Waals surface area contributed by atoms with E-state index in [0.29, 0.717) is 11.3 Å². The van der Waals surface area contributed by atoms with Crippen molar-refractivity contribution < 1.29 is 39.5 Å². The molecular weight excluding hydrogens is 518 g/mol. The first kappa shape index (κ1) is 28.1. The quantitative estimate of drug-likeness (QED) is 0.283. The zero-order valence-corrected chi connectivity index (χ0v) is 23.2. The van der Waals surface area contributed by atoms with E-state index in [1.807, 2.05) is 0 Å². The van der Waals surface area contributed by atoms with Gasteiger partial charge in [-0.25, -0.2) is 0 Å². The van der Waals surface area contributed by atoms with Crippen LogP contribution in [0.5, 0.6) is 11.5 Å². The molecule has 216 valence electrons. The average molecular weight is 556 g/mol. The number of carbonyl (C=O) groups excluding carboxylic acids is 3. The van der Waals surface area contributed by atoms with Crippen LogP contribution in [0.1, 0.15) is 67.6 Å². The number of aliphatic hydroxyl groups excluding tert-OH is 2. The number of carbonyl (C=O) groups is 3. The summed E-state index contributed by atoms with van der Waals surface area (Å²) >= 11 is 0. The highest BCUT2D eigenvalue weighted by atomic mass is 16.5. The molecule has 3 aliphatic carbocycles. The topological polar surface area (TPSA) is 183 Å². The Balaban J connectivity index is 1.68. The predicted molar refractivity (Wildman–Crippen MR) is 144 cm³/mol. The Morgan fingerprint density at radius 1 is 1.27 bits per heavy atom.